The van der Waals surface area contributed by atoms with Gasteiger partial charge in [0.05, 0.1) is 19.1 Å². The second-order valence-corrected chi connectivity index (χ2v) is 5.36. The molecule has 0 aliphatic heterocycles. The Kier molecular flexibility index (Phi) is 4.95. The third-order valence-electron chi connectivity index (χ3n) is 2.89. The molecule has 1 heterocycles. The Bertz CT molecular complexity index is 730. The van der Waals surface area contributed by atoms with Crippen LogP contribution >= 0.6 is 11.3 Å². The van der Waals surface area contributed by atoms with E-state index >= 15 is 0 Å². The zero-order valence-corrected chi connectivity index (χ0v) is 12.8. The molecule has 0 saturated heterocycles. The van der Waals surface area contributed by atoms with Crippen LogP contribution in [-0.2, 0) is 0 Å². The first kappa shape index (κ1) is 15.8. The van der Waals surface area contributed by atoms with Gasteiger partial charge < -0.3 is 14.6 Å². The van der Waals surface area contributed by atoms with Crippen molar-refractivity contribution < 1.29 is 24.2 Å². The number of carboxylic acid groups (broad SMARTS) is 1. The van der Waals surface area contributed by atoms with Gasteiger partial charge in [0.15, 0.2) is 17.3 Å². The Balaban J connectivity index is 2.16. The van der Waals surface area contributed by atoms with E-state index in [0.29, 0.717) is 16.4 Å². The lowest BCUT2D eigenvalue weighted by Crippen LogP contribution is -1.92. The Labute approximate surface area is 131 Å². The predicted molar refractivity (Wildman–Crippen MR) is 84.2 cm³/mol. The molecular formula is C16H14O5S. The second kappa shape index (κ2) is 6.91. The summed E-state index contributed by atoms with van der Waals surface area (Å²) in [4.78, 5) is 23.3. The van der Waals surface area contributed by atoms with E-state index in [-0.39, 0.29) is 10.7 Å². The number of carboxylic acids is 1. The number of ketones is 1. The first-order chi connectivity index (χ1) is 10.5. The summed E-state index contributed by atoms with van der Waals surface area (Å²) in [6.07, 6.45) is 3.04. The Morgan fingerprint density at radius 3 is 2.32 bits per heavy atom. The van der Waals surface area contributed by atoms with Gasteiger partial charge in [0.2, 0.25) is 0 Å². The molecule has 0 aliphatic carbocycles. The summed E-state index contributed by atoms with van der Waals surface area (Å²) >= 11 is 0.953. The maximum Gasteiger partial charge on any atom is 0.345 e. The number of carbonyl (C=O) groups is 2. The summed E-state index contributed by atoms with van der Waals surface area (Å²) in [7, 11) is 3.09. The fourth-order valence-electron chi connectivity index (χ4n) is 1.80. The molecule has 1 N–H and O–H groups in total. The first-order valence-corrected chi connectivity index (χ1v) is 7.14. The van der Waals surface area contributed by atoms with Gasteiger partial charge in [-0.1, -0.05) is 12.1 Å². The lowest BCUT2D eigenvalue weighted by Gasteiger charge is -2.07. The van der Waals surface area contributed by atoms with Gasteiger partial charge in [-0.25, -0.2) is 4.79 Å². The van der Waals surface area contributed by atoms with E-state index in [4.69, 9.17) is 14.6 Å². The molecule has 1 aromatic heterocycles. The SMILES string of the molecule is COc1ccc(C=CC(=O)c2ccc(C(=O)O)s2)cc1OC. The molecule has 0 amide bonds. The van der Waals surface area contributed by atoms with Gasteiger partial charge in [0, 0.05) is 0 Å². The summed E-state index contributed by atoms with van der Waals surface area (Å²) < 4.78 is 10.3. The number of thiophene rings is 1. The average molecular weight is 318 g/mol. The fourth-order valence-corrected chi connectivity index (χ4v) is 2.56. The molecule has 0 aliphatic rings. The lowest BCUT2D eigenvalue weighted by molar-refractivity contribution is 0.0702. The molecule has 6 heteroatoms. The van der Waals surface area contributed by atoms with E-state index in [2.05, 4.69) is 0 Å². The molecule has 0 atom stereocenters. The molecule has 114 valence electrons. The normalized spacial score (nSPS) is 10.6. The molecule has 0 spiro atoms. The van der Waals surface area contributed by atoms with Crippen molar-refractivity contribution >= 4 is 29.2 Å². The number of hydrogen-bond acceptors (Lipinski definition) is 5. The quantitative estimate of drug-likeness (QED) is 0.653. The topological polar surface area (TPSA) is 72.8 Å². The van der Waals surface area contributed by atoms with E-state index in [1.807, 2.05) is 0 Å². The van der Waals surface area contributed by atoms with Gasteiger partial charge in [0.1, 0.15) is 4.88 Å². The average Bonchev–Trinajstić information content (AvgIpc) is 3.02. The van der Waals surface area contributed by atoms with E-state index < -0.39 is 5.97 Å². The van der Waals surface area contributed by atoms with Crippen LogP contribution in [0.4, 0.5) is 0 Å². The van der Waals surface area contributed by atoms with Crippen LogP contribution in [0.3, 0.4) is 0 Å². The van der Waals surface area contributed by atoms with E-state index in [1.54, 1.807) is 31.4 Å². The number of hydrogen-bond donors (Lipinski definition) is 1. The number of carbonyl (C=O) groups excluding carboxylic acids is 1. The molecule has 1 aromatic carbocycles. The minimum atomic E-state index is -1.03. The van der Waals surface area contributed by atoms with Crippen LogP contribution in [0.2, 0.25) is 0 Å². The molecule has 0 fully saturated rings. The molecule has 2 aromatic rings. The maximum absolute atomic E-state index is 12.0. The third kappa shape index (κ3) is 3.53. The van der Waals surface area contributed by atoms with Crippen LogP contribution in [0.5, 0.6) is 11.5 Å². The fraction of sp³-hybridized carbons (Fsp3) is 0.125. The van der Waals surface area contributed by atoms with Gasteiger partial charge in [-0.15, -0.1) is 11.3 Å². The van der Waals surface area contributed by atoms with E-state index in [9.17, 15) is 9.59 Å². The predicted octanol–water partition coefficient (Wildman–Crippen LogP) is 3.36. The standard InChI is InChI=1S/C16H14O5S/c1-20-12-6-4-10(9-13(12)21-2)3-5-11(17)14-7-8-15(22-14)16(18)19/h3-9H,1-2H3,(H,18,19). The highest BCUT2D eigenvalue weighted by Crippen LogP contribution is 2.28. The Morgan fingerprint density at radius 1 is 1.05 bits per heavy atom. The van der Waals surface area contributed by atoms with Crippen molar-refractivity contribution in [2.24, 2.45) is 0 Å². The summed E-state index contributed by atoms with van der Waals surface area (Å²) in [5, 5.41) is 8.85. The van der Waals surface area contributed by atoms with E-state index in [0.717, 1.165) is 16.9 Å². The molecule has 0 unspecified atom stereocenters. The van der Waals surface area contributed by atoms with Crippen molar-refractivity contribution in [2.45, 2.75) is 0 Å². The van der Waals surface area contributed by atoms with Crippen LogP contribution in [0.1, 0.15) is 24.9 Å². The minimum absolute atomic E-state index is 0.142. The number of methoxy groups -OCH3 is 2. The minimum Gasteiger partial charge on any atom is -0.493 e. The number of benzene rings is 1. The van der Waals surface area contributed by atoms with Crippen LogP contribution < -0.4 is 9.47 Å². The zero-order valence-electron chi connectivity index (χ0n) is 12.0. The van der Waals surface area contributed by atoms with E-state index in [1.165, 1.54) is 25.3 Å². The molecule has 0 saturated carbocycles. The van der Waals surface area contributed by atoms with Gasteiger partial charge in [-0.2, -0.15) is 0 Å². The molecule has 22 heavy (non-hydrogen) atoms. The summed E-state index contributed by atoms with van der Waals surface area (Å²) in [5.74, 6) is -0.100. The third-order valence-corrected chi connectivity index (χ3v) is 3.98. The zero-order chi connectivity index (χ0) is 16.1. The van der Waals surface area contributed by atoms with Crippen LogP contribution in [-0.4, -0.2) is 31.1 Å². The number of rotatable bonds is 6. The molecule has 2 rings (SSSR count). The monoisotopic (exact) mass is 318 g/mol. The highest BCUT2D eigenvalue weighted by molar-refractivity contribution is 7.16. The second-order valence-electron chi connectivity index (χ2n) is 4.28. The Hall–Kier alpha value is -2.60. The van der Waals surface area contributed by atoms with Crippen molar-refractivity contribution in [1.82, 2.24) is 0 Å². The van der Waals surface area contributed by atoms with Crippen molar-refractivity contribution in [3.05, 3.63) is 51.7 Å². The summed E-state index contributed by atoms with van der Waals surface area (Å²) in [6, 6.07) is 8.22. The maximum atomic E-state index is 12.0. The first-order valence-electron chi connectivity index (χ1n) is 6.32. The molecular weight excluding hydrogens is 304 g/mol. The Morgan fingerprint density at radius 2 is 1.73 bits per heavy atom. The van der Waals surface area contributed by atoms with Gasteiger partial charge >= 0.3 is 5.97 Å². The molecule has 0 bridgehead atoms. The largest absolute Gasteiger partial charge is 0.493 e. The van der Waals surface area contributed by atoms with Gasteiger partial charge in [-0.3, -0.25) is 4.79 Å². The van der Waals surface area contributed by atoms with Gasteiger partial charge in [0.25, 0.3) is 0 Å². The van der Waals surface area contributed by atoms with Crippen molar-refractivity contribution in [3.63, 3.8) is 0 Å². The van der Waals surface area contributed by atoms with Crippen LogP contribution in [0.15, 0.2) is 36.4 Å². The highest BCUT2D eigenvalue weighted by Gasteiger charge is 2.11. The summed E-state index contributed by atoms with van der Waals surface area (Å²) in [6.45, 7) is 0. The number of allylic oxidation sites excluding steroid dienone is 1. The molecule has 0 radical (unpaired) electrons. The smallest absolute Gasteiger partial charge is 0.345 e. The summed E-state index contributed by atoms with van der Waals surface area (Å²) in [5.41, 5.74) is 0.779. The highest BCUT2D eigenvalue weighted by atomic mass is 32.1. The lowest BCUT2D eigenvalue weighted by atomic mass is 10.1. The van der Waals surface area contributed by atoms with Crippen molar-refractivity contribution in [1.29, 1.82) is 0 Å². The van der Waals surface area contributed by atoms with Crippen LogP contribution in [0.25, 0.3) is 6.08 Å². The van der Waals surface area contributed by atoms with Gasteiger partial charge in [-0.05, 0) is 35.9 Å². The number of ether oxygens (including phenoxy) is 2. The van der Waals surface area contributed by atoms with Crippen LogP contribution in [0, 0.1) is 0 Å². The van der Waals surface area contributed by atoms with Crippen molar-refractivity contribution in [3.8, 4) is 11.5 Å². The van der Waals surface area contributed by atoms with Crippen molar-refractivity contribution in [2.75, 3.05) is 14.2 Å². The number of aromatic carboxylic acids is 1. The molecule has 5 nitrogen and oxygen atoms in total.